The Morgan fingerprint density at radius 1 is 0.295 bits per heavy atom. The Balaban J connectivity index is 0.934. The minimum absolute atomic E-state index is 0.474. The normalized spacial score (nSPS) is 14.1. The van der Waals surface area contributed by atoms with Crippen LogP contribution in [0.2, 0.25) is 0 Å². The van der Waals surface area contributed by atoms with E-state index >= 15 is 0 Å². The number of hydrogen-bond acceptors (Lipinski definition) is 6. The van der Waals surface area contributed by atoms with Crippen molar-refractivity contribution in [3.8, 4) is 22.3 Å². The molecule has 4 heterocycles. The summed E-state index contributed by atoms with van der Waals surface area (Å²) in [6.07, 6.45) is 0. The molecular formula is C72H48N2O4. The lowest BCUT2D eigenvalue weighted by atomic mass is 9.72. The number of furan rings is 4. The monoisotopic (exact) mass is 1000 g/mol. The molecule has 0 spiro atoms. The van der Waals surface area contributed by atoms with Crippen molar-refractivity contribution in [3.63, 3.8) is 0 Å². The van der Waals surface area contributed by atoms with Crippen molar-refractivity contribution in [2.24, 2.45) is 0 Å². The fourth-order valence-electron chi connectivity index (χ4n) is 14.0. The molecule has 17 rings (SSSR count). The summed E-state index contributed by atoms with van der Waals surface area (Å²) >= 11 is 0. The average Bonchev–Trinajstić information content (AvgIpc) is 3.11. The fourth-order valence-corrected chi connectivity index (χ4v) is 14.0. The third kappa shape index (κ3) is 5.65. The second-order valence-electron chi connectivity index (χ2n) is 22.2. The summed E-state index contributed by atoms with van der Waals surface area (Å²) in [5.41, 5.74) is 21.6. The maximum Gasteiger partial charge on any atom is 0.160 e. The van der Waals surface area contributed by atoms with Gasteiger partial charge in [0.1, 0.15) is 22.3 Å². The van der Waals surface area contributed by atoms with Crippen LogP contribution < -0.4 is 9.80 Å². The lowest BCUT2D eigenvalue weighted by molar-refractivity contribution is 0.601. The second-order valence-corrected chi connectivity index (χ2v) is 22.2. The molecule has 2 aliphatic carbocycles. The van der Waals surface area contributed by atoms with E-state index in [-0.39, 0.29) is 0 Å². The quantitative estimate of drug-likeness (QED) is 0.165. The number of anilines is 6. The zero-order chi connectivity index (χ0) is 51.8. The standard InChI is InChI=1S/C72H48N2O4/c1-71(2)51-39-55(73(41-21-7-5-8-22-41)53-31-19-29-45-43-25-11-15-33-57(43)75-67(45)53)69-63(47-27-13-17-35-59(47)77-69)61(51)49-37-38-50-62-52(72(3,4)66(50)65(49)71)40-56(70-64(62)48-28-14-18-36-60(48)78-70)74(42-23-9-6-10-24-42)54-32-20-30-46-44-26-12-16-34-58(44)76-68(46)54/h5-40H,1-4H3. The van der Waals surface area contributed by atoms with Gasteiger partial charge in [-0.05, 0) is 117 Å². The summed E-state index contributed by atoms with van der Waals surface area (Å²) in [5.74, 6) is 0. The van der Waals surface area contributed by atoms with Gasteiger partial charge in [0.2, 0.25) is 0 Å². The van der Waals surface area contributed by atoms with Crippen LogP contribution in [-0.4, -0.2) is 0 Å². The number of para-hydroxylation sites is 8. The SMILES string of the molecule is CC1(C)c2cc(N(c3ccccc3)c3cccc4c3oc3ccccc34)c3oc4ccccc4c3c2-c2ccc3c(c21)C(C)(C)c1cc(N(c2ccccc2)c2cccc4c2oc2ccccc24)c2oc4ccccc4c2c1-3. The number of benzene rings is 11. The highest BCUT2D eigenvalue weighted by Gasteiger charge is 2.49. The van der Waals surface area contributed by atoms with Gasteiger partial charge in [0.15, 0.2) is 22.3 Å². The zero-order valence-electron chi connectivity index (χ0n) is 43.3. The van der Waals surface area contributed by atoms with Crippen molar-refractivity contribution in [2.75, 3.05) is 9.80 Å². The lowest BCUT2D eigenvalue weighted by Gasteiger charge is -2.32. The van der Waals surface area contributed by atoms with Crippen LogP contribution in [0.15, 0.2) is 236 Å². The number of fused-ring (bicyclic) bond motifs is 21. The predicted molar refractivity (Wildman–Crippen MR) is 320 cm³/mol. The van der Waals surface area contributed by atoms with E-state index in [1.807, 2.05) is 12.1 Å². The van der Waals surface area contributed by atoms with E-state index in [9.17, 15) is 0 Å². The first kappa shape index (κ1) is 43.5. The van der Waals surface area contributed by atoms with Crippen LogP contribution in [-0.2, 0) is 10.8 Å². The first-order valence-corrected chi connectivity index (χ1v) is 26.9. The maximum atomic E-state index is 7.21. The van der Waals surface area contributed by atoms with Crippen molar-refractivity contribution in [1.82, 2.24) is 0 Å². The van der Waals surface area contributed by atoms with Crippen LogP contribution in [0.1, 0.15) is 49.9 Å². The molecule has 4 aromatic heterocycles. The largest absolute Gasteiger partial charge is 0.454 e. The van der Waals surface area contributed by atoms with Crippen LogP contribution in [0, 0.1) is 0 Å². The Hall–Kier alpha value is -9.78. The molecule has 6 nitrogen and oxygen atoms in total. The molecule has 6 heteroatoms. The molecule has 0 unspecified atom stereocenters. The minimum Gasteiger partial charge on any atom is -0.454 e. The van der Waals surface area contributed by atoms with Gasteiger partial charge >= 0.3 is 0 Å². The first-order valence-electron chi connectivity index (χ1n) is 26.9. The number of nitrogens with zero attached hydrogens (tertiary/aromatic N) is 2. The van der Waals surface area contributed by atoms with Crippen LogP contribution in [0.3, 0.4) is 0 Å². The highest BCUT2D eigenvalue weighted by molar-refractivity contribution is 6.23. The van der Waals surface area contributed by atoms with Crippen molar-refractivity contribution < 1.29 is 17.7 Å². The summed E-state index contributed by atoms with van der Waals surface area (Å²) in [6.45, 7) is 9.73. The van der Waals surface area contributed by atoms with E-state index in [1.54, 1.807) is 0 Å². The Kier molecular flexibility index (Phi) is 8.60. The van der Waals surface area contributed by atoms with E-state index in [4.69, 9.17) is 17.7 Å². The zero-order valence-corrected chi connectivity index (χ0v) is 43.3. The molecule has 0 fully saturated rings. The molecule has 78 heavy (non-hydrogen) atoms. The highest BCUT2D eigenvalue weighted by Crippen LogP contribution is 2.64. The summed E-state index contributed by atoms with van der Waals surface area (Å²) in [6, 6.07) is 77.6. The van der Waals surface area contributed by atoms with E-state index in [0.717, 1.165) is 122 Å². The molecule has 0 atom stereocenters. The van der Waals surface area contributed by atoms with E-state index in [2.05, 4.69) is 244 Å². The third-order valence-electron chi connectivity index (χ3n) is 17.4. The lowest BCUT2D eigenvalue weighted by Crippen LogP contribution is -2.24. The second kappa shape index (κ2) is 15.4. The fraction of sp³-hybridized carbons (Fsp3) is 0.0833. The van der Waals surface area contributed by atoms with Crippen LogP contribution in [0.4, 0.5) is 34.1 Å². The molecular weight excluding hydrogens is 957 g/mol. The van der Waals surface area contributed by atoms with Gasteiger partial charge in [0.05, 0.1) is 22.7 Å². The number of rotatable bonds is 6. The Labute approximate surface area is 448 Å². The molecule has 0 radical (unpaired) electrons. The van der Waals surface area contributed by atoms with Gasteiger partial charge in [0.25, 0.3) is 0 Å². The van der Waals surface area contributed by atoms with Crippen molar-refractivity contribution >= 4 is 122 Å². The van der Waals surface area contributed by atoms with Gasteiger partial charge < -0.3 is 27.5 Å². The Morgan fingerprint density at radius 2 is 0.628 bits per heavy atom. The third-order valence-corrected chi connectivity index (χ3v) is 17.4. The van der Waals surface area contributed by atoms with Crippen LogP contribution in [0.25, 0.3) is 110 Å². The molecule has 0 N–H and O–H groups in total. The number of hydrogen-bond donors (Lipinski definition) is 0. The van der Waals surface area contributed by atoms with E-state index < -0.39 is 10.8 Å². The summed E-state index contributed by atoms with van der Waals surface area (Å²) in [5, 5.41) is 8.70. The average molecular weight is 1010 g/mol. The molecule has 0 amide bonds. The molecule has 0 aliphatic heterocycles. The van der Waals surface area contributed by atoms with Gasteiger partial charge in [0, 0.05) is 65.3 Å². The topological polar surface area (TPSA) is 59.0 Å². The van der Waals surface area contributed by atoms with Gasteiger partial charge in [-0.3, -0.25) is 0 Å². The molecule has 15 aromatic rings. The van der Waals surface area contributed by atoms with Gasteiger partial charge in [-0.1, -0.05) is 173 Å². The molecule has 0 saturated carbocycles. The predicted octanol–water partition coefficient (Wildman–Crippen LogP) is 20.8. The minimum atomic E-state index is -0.474. The van der Waals surface area contributed by atoms with Crippen molar-refractivity contribution in [3.05, 3.63) is 241 Å². The summed E-state index contributed by atoms with van der Waals surface area (Å²) in [7, 11) is 0. The Morgan fingerprint density at radius 3 is 1.04 bits per heavy atom. The van der Waals surface area contributed by atoms with Gasteiger partial charge in [-0.15, -0.1) is 0 Å². The molecule has 0 saturated heterocycles. The molecule has 0 bridgehead atoms. The first-order chi connectivity index (χ1) is 38.2. The molecule has 11 aromatic carbocycles. The highest BCUT2D eigenvalue weighted by atomic mass is 16.3. The van der Waals surface area contributed by atoms with Crippen LogP contribution in [0.5, 0.6) is 0 Å². The van der Waals surface area contributed by atoms with Crippen molar-refractivity contribution in [2.45, 2.75) is 38.5 Å². The van der Waals surface area contributed by atoms with Gasteiger partial charge in [-0.25, -0.2) is 0 Å². The molecule has 2 aliphatic rings. The van der Waals surface area contributed by atoms with E-state index in [0.29, 0.717) is 0 Å². The van der Waals surface area contributed by atoms with Crippen molar-refractivity contribution in [1.29, 1.82) is 0 Å². The molecule has 370 valence electrons. The Bertz CT molecular complexity index is 4730. The van der Waals surface area contributed by atoms with Crippen LogP contribution >= 0.6 is 0 Å². The van der Waals surface area contributed by atoms with E-state index in [1.165, 1.54) is 44.5 Å². The summed E-state index contributed by atoms with van der Waals surface area (Å²) < 4.78 is 28.1. The van der Waals surface area contributed by atoms with Gasteiger partial charge in [-0.2, -0.15) is 0 Å². The maximum absolute atomic E-state index is 7.21. The summed E-state index contributed by atoms with van der Waals surface area (Å²) in [4.78, 5) is 4.71. The smallest absolute Gasteiger partial charge is 0.160 e.